The summed E-state index contributed by atoms with van der Waals surface area (Å²) in [7, 11) is 0. The van der Waals surface area contributed by atoms with Crippen molar-refractivity contribution in [2.24, 2.45) is 0 Å². The van der Waals surface area contributed by atoms with E-state index in [1.807, 2.05) is 41.1 Å². The number of hydrogen-bond donors (Lipinski definition) is 0. The van der Waals surface area contributed by atoms with Gasteiger partial charge in [0.05, 0.1) is 6.54 Å². The molecule has 3 aromatic rings. The van der Waals surface area contributed by atoms with Crippen molar-refractivity contribution < 1.29 is 4.79 Å². The van der Waals surface area contributed by atoms with Crippen LogP contribution >= 0.6 is 11.6 Å². The van der Waals surface area contributed by atoms with Gasteiger partial charge in [0.2, 0.25) is 0 Å². The number of carbonyl (C=O) groups is 1. The number of Topliss-reactive ketones (excluding diaryl/α,β-unsaturated/α-hetero) is 1. The second-order valence-corrected chi connectivity index (χ2v) is 5.11. The molecule has 0 aliphatic rings. The third-order valence-electron chi connectivity index (χ3n) is 3.21. The first-order chi connectivity index (χ1) is 10.2. The molecule has 4 heteroatoms. The largest absolute Gasteiger partial charge is 0.323 e. The Bertz CT molecular complexity index is 765. The lowest BCUT2D eigenvalue weighted by Gasteiger charge is -2.07. The molecule has 0 saturated heterocycles. The van der Waals surface area contributed by atoms with Crippen LogP contribution in [-0.4, -0.2) is 15.3 Å². The van der Waals surface area contributed by atoms with Crippen LogP contribution in [0.3, 0.4) is 0 Å². The molecule has 0 fully saturated rings. The number of imidazole rings is 1. The van der Waals surface area contributed by atoms with Crippen LogP contribution in [0.5, 0.6) is 0 Å². The molecule has 0 unspecified atom stereocenters. The van der Waals surface area contributed by atoms with Gasteiger partial charge in [-0.1, -0.05) is 54.1 Å². The molecule has 3 rings (SSSR count). The molecule has 21 heavy (non-hydrogen) atoms. The maximum absolute atomic E-state index is 12.3. The Labute approximate surface area is 127 Å². The summed E-state index contributed by atoms with van der Waals surface area (Å²) in [5, 5.41) is 0.565. The number of aromatic nitrogens is 2. The normalized spacial score (nSPS) is 10.5. The fourth-order valence-corrected chi connectivity index (χ4v) is 2.38. The van der Waals surface area contributed by atoms with Gasteiger partial charge in [-0.3, -0.25) is 4.79 Å². The molecule has 0 N–H and O–H groups in total. The fraction of sp³-hybridized carbons (Fsp3) is 0.0588. The molecule has 0 aliphatic heterocycles. The topological polar surface area (TPSA) is 34.9 Å². The minimum atomic E-state index is 0.00711. The first-order valence-electron chi connectivity index (χ1n) is 6.59. The fourth-order valence-electron chi connectivity index (χ4n) is 2.19. The van der Waals surface area contributed by atoms with E-state index in [4.69, 9.17) is 11.6 Å². The molecule has 3 nitrogen and oxygen atoms in total. The molecule has 104 valence electrons. The van der Waals surface area contributed by atoms with E-state index in [1.165, 1.54) is 0 Å². The average molecular weight is 297 g/mol. The Balaban J connectivity index is 1.87. The van der Waals surface area contributed by atoms with E-state index in [0.717, 1.165) is 11.4 Å². The zero-order valence-corrected chi connectivity index (χ0v) is 12.0. The van der Waals surface area contributed by atoms with Crippen LogP contribution < -0.4 is 0 Å². The van der Waals surface area contributed by atoms with Gasteiger partial charge in [-0.15, -0.1) is 0 Å². The van der Waals surface area contributed by atoms with E-state index in [2.05, 4.69) is 4.98 Å². The lowest BCUT2D eigenvalue weighted by Crippen LogP contribution is -2.10. The van der Waals surface area contributed by atoms with E-state index in [9.17, 15) is 4.79 Å². The second kappa shape index (κ2) is 5.94. The van der Waals surface area contributed by atoms with E-state index < -0.39 is 0 Å². The van der Waals surface area contributed by atoms with Crippen molar-refractivity contribution in [2.75, 3.05) is 0 Å². The first-order valence-corrected chi connectivity index (χ1v) is 6.97. The van der Waals surface area contributed by atoms with Crippen molar-refractivity contribution in [3.05, 3.63) is 77.6 Å². The molecule has 0 bridgehead atoms. The van der Waals surface area contributed by atoms with Crippen molar-refractivity contribution in [2.45, 2.75) is 6.54 Å². The number of carbonyl (C=O) groups excluding carboxylic acids is 1. The highest BCUT2D eigenvalue weighted by atomic mass is 35.5. The lowest BCUT2D eigenvalue weighted by molar-refractivity contribution is 0.0972. The number of hydrogen-bond acceptors (Lipinski definition) is 2. The van der Waals surface area contributed by atoms with Gasteiger partial charge in [0, 0.05) is 28.5 Å². The highest BCUT2D eigenvalue weighted by Crippen LogP contribution is 2.18. The Morgan fingerprint density at radius 1 is 1.10 bits per heavy atom. The summed E-state index contributed by atoms with van der Waals surface area (Å²) in [4.78, 5) is 16.7. The molecular weight excluding hydrogens is 284 g/mol. The van der Waals surface area contributed by atoms with Gasteiger partial charge in [-0.2, -0.15) is 0 Å². The maximum atomic E-state index is 12.3. The Morgan fingerprint density at radius 2 is 1.90 bits per heavy atom. The van der Waals surface area contributed by atoms with Crippen molar-refractivity contribution in [3.8, 4) is 11.4 Å². The summed E-state index contributed by atoms with van der Waals surface area (Å²) in [6.45, 7) is 0.241. The summed E-state index contributed by atoms with van der Waals surface area (Å²) < 4.78 is 1.85. The number of ketones is 1. The van der Waals surface area contributed by atoms with Gasteiger partial charge in [0.1, 0.15) is 5.82 Å². The van der Waals surface area contributed by atoms with Crippen LogP contribution in [-0.2, 0) is 6.54 Å². The standard InChI is InChI=1S/C17H13ClN2O/c18-15-8-4-7-14(11-15)16(21)12-20-10-9-19-17(20)13-5-2-1-3-6-13/h1-11H,12H2. The monoisotopic (exact) mass is 296 g/mol. The summed E-state index contributed by atoms with van der Waals surface area (Å²) in [6.07, 6.45) is 3.51. The predicted molar refractivity (Wildman–Crippen MR) is 83.4 cm³/mol. The zero-order chi connectivity index (χ0) is 14.7. The van der Waals surface area contributed by atoms with Crippen LogP contribution in [0, 0.1) is 0 Å². The van der Waals surface area contributed by atoms with Crippen LogP contribution in [0.1, 0.15) is 10.4 Å². The minimum absolute atomic E-state index is 0.00711. The van der Waals surface area contributed by atoms with Crippen LogP contribution in [0.15, 0.2) is 67.0 Å². The van der Waals surface area contributed by atoms with E-state index in [0.29, 0.717) is 10.6 Å². The molecule has 0 amide bonds. The predicted octanol–water partition coefficient (Wildman–Crippen LogP) is 4.09. The molecule has 0 aliphatic carbocycles. The molecule has 0 atom stereocenters. The minimum Gasteiger partial charge on any atom is -0.323 e. The highest BCUT2D eigenvalue weighted by Gasteiger charge is 2.11. The Kier molecular flexibility index (Phi) is 3.84. The summed E-state index contributed by atoms with van der Waals surface area (Å²) in [5.74, 6) is 0.790. The van der Waals surface area contributed by atoms with Gasteiger partial charge < -0.3 is 4.57 Å². The summed E-state index contributed by atoms with van der Waals surface area (Å²) in [5.41, 5.74) is 1.59. The van der Waals surface area contributed by atoms with E-state index in [1.54, 1.807) is 30.5 Å². The van der Waals surface area contributed by atoms with Gasteiger partial charge >= 0.3 is 0 Å². The Morgan fingerprint density at radius 3 is 2.67 bits per heavy atom. The molecule has 1 aromatic heterocycles. The summed E-state index contributed by atoms with van der Waals surface area (Å²) >= 11 is 5.93. The second-order valence-electron chi connectivity index (χ2n) is 4.68. The molecule has 0 radical (unpaired) electrons. The van der Waals surface area contributed by atoms with Crippen LogP contribution in [0.4, 0.5) is 0 Å². The molecule has 1 heterocycles. The number of rotatable bonds is 4. The van der Waals surface area contributed by atoms with Crippen molar-refractivity contribution in [3.63, 3.8) is 0 Å². The first kappa shape index (κ1) is 13.6. The summed E-state index contributed by atoms with van der Waals surface area (Å²) in [6, 6.07) is 16.8. The third-order valence-corrected chi connectivity index (χ3v) is 3.44. The van der Waals surface area contributed by atoms with Crippen LogP contribution in [0.25, 0.3) is 11.4 Å². The molecule has 2 aromatic carbocycles. The molecular formula is C17H13ClN2O. The third kappa shape index (κ3) is 3.03. The smallest absolute Gasteiger partial charge is 0.182 e. The van der Waals surface area contributed by atoms with Gasteiger partial charge in [0.25, 0.3) is 0 Å². The average Bonchev–Trinajstić information content (AvgIpc) is 2.96. The van der Waals surface area contributed by atoms with Gasteiger partial charge in [-0.25, -0.2) is 4.98 Å². The maximum Gasteiger partial charge on any atom is 0.182 e. The quantitative estimate of drug-likeness (QED) is 0.680. The van der Waals surface area contributed by atoms with Gasteiger partial charge in [-0.05, 0) is 12.1 Å². The van der Waals surface area contributed by atoms with E-state index >= 15 is 0 Å². The van der Waals surface area contributed by atoms with Gasteiger partial charge in [0.15, 0.2) is 5.78 Å². The zero-order valence-electron chi connectivity index (χ0n) is 11.2. The van der Waals surface area contributed by atoms with Crippen molar-refractivity contribution >= 4 is 17.4 Å². The number of nitrogens with zero attached hydrogens (tertiary/aromatic N) is 2. The lowest BCUT2D eigenvalue weighted by atomic mass is 10.1. The Hall–Kier alpha value is -2.39. The number of halogens is 1. The highest BCUT2D eigenvalue weighted by molar-refractivity contribution is 6.31. The molecule has 0 spiro atoms. The van der Waals surface area contributed by atoms with Crippen molar-refractivity contribution in [1.82, 2.24) is 9.55 Å². The van der Waals surface area contributed by atoms with E-state index in [-0.39, 0.29) is 12.3 Å². The number of benzene rings is 2. The van der Waals surface area contributed by atoms with Crippen molar-refractivity contribution in [1.29, 1.82) is 0 Å². The molecule has 0 saturated carbocycles. The SMILES string of the molecule is O=C(Cn1ccnc1-c1ccccc1)c1cccc(Cl)c1. The van der Waals surface area contributed by atoms with Crippen LogP contribution in [0.2, 0.25) is 5.02 Å².